The summed E-state index contributed by atoms with van der Waals surface area (Å²) in [6, 6.07) is -0.656. The van der Waals surface area contributed by atoms with Crippen molar-refractivity contribution < 1.29 is 4.79 Å². The maximum atomic E-state index is 10.5. The first-order valence-corrected chi connectivity index (χ1v) is 3.52. The molecule has 0 heterocycles. The van der Waals surface area contributed by atoms with E-state index in [1.54, 1.807) is 18.2 Å². The molecule has 66 valence electrons. The van der Waals surface area contributed by atoms with Gasteiger partial charge in [-0.05, 0) is 12.2 Å². The van der Waals surface area contributed by atoms with E-state index in [9.17, 15) is 4.79 Å². The zero-order valence-corrected chi connectivity index (χ0v) is 6.58. The molecule has 1 aliphatic rings. The minimum atomic E-state index is -0.926. The maximum Gasteiger partial charge on any atom is 0.313 e. The zero-order chi connectivity index (χ0) is 9.19. The number of nitrogens with one attached hydrogen (secondary N) is 1. The van der Waals surface area contributed by atoms with Gasteiger partial charge in [0.15, 0.2) is 0 Å². The number of rotatable bonds is 1. The molecule has 2 amide bonds. The third-order valence-electron chi connectivity index (χ3n) is 1.56. The molecule has 1 atom stereocenters. The Bertz CT molecular complexity index is 254. The molecule has 0 fully saturated rings. The minimum Gasteiger partial charge on any atom is -0.402 e. The molecular weight excluding hydrogens is 156 g/mol. The van der Waals surface area contributed by atoms with Crippen molar-refractivity contribution in [2.75, 3.05) is 0 Å². The molecule has 0 aliphatic heterocycles. The van der Waals surface area contributed by atoms with E-state index in [2.05, 4.69) is 5.32 Å². The van der Waals surface area contributed by atoms with Crippen molar-refractivity contribution in [3.63, 3.8) is 0 Å². The smallest absolute Gasteiger partial charge is 0.313 e. The van der Waals surface area contributed by atoms with Crippen LogP contribution in [0.15, 0.2) is 23.9 Å². The number of hydrogen-bond donors (Lipinski definition) is 4. The normalized spacial score (nSPS) is 27.9. The van der Waals surface area contributed by atoms with Crippen molar-refractivity contribution >= 4 is 6.03 Å². The van der Waals surface area contributed by atoms with Gasteiger partial charge in [-0.15, -0.1) is 0 Å². The Hall–Kier alpha value is -1.49. The van der Waals surface area contributed by atoms with Crippen molar-refractivity contribution in [3.8, 4) is 0 Å². The molecule has 5 nitrogen and oxygen atoms in total. The second kappa shape index (κ2) is 2.86. The summed E-state index contributed by atoms with van der Waals surface area (Å²) in [7, 11) is 0. The minimum absolute atomic E-state index is 0.381. The second-order valence-corrected chi connectivity index (χ2v) is 2.81. The number of nitrogens with two attached hydrogens (primary N) is 3. The SMILES string of the molecule is NC(=O)NC1(N)C=CC=C(N)C1. The lowest BCUT2D eigenvalue weighted by Crippen LogP contribution is -2.57. The Morgan fingerprint density at radius 2 is 2.33 bits per heavy atom. The lowest BCUT2D eigenvalue weighted by Gasteiger charge is -2.28. The van der Waals surface area contributed by atoms with Gasteiger partial charge in [0, 0.05) is 12.1 Å². The van der Waals surface area contributed by atoms with Crippen LogP contribution < -0.4 is 22.5 Å². The molecule has 0 saturated carbocycles. The van der Waals surface area contributed by atoms with E-state index in [1.165, 1.54) is 0 Å². The van der Waals surface area contributed by atoms with E-state index in [0.717, 1.165) is 0 Å². The molecule has 0 spiro atoms. The number of hydrogen-bond acceptors (Lipinski definition) is 3. The van der Waals surface area contributed by atoms with Crippen LogP contribution in [-0.4, -0.2) is 11.7 Å². The molecule has 0 aromatic rings. The van der Waals surface area contributed by atoms with Gasteiger partial charge in [-0.3, -0.25) is 0 Å². The highest BCUT2D eigenvalue weighted by Gasteiger charge is 2.25. The molecule has 0 saturated heterocycles. The van der Waals surface area contributed by atoms with Crippen LogP contribution in [0.1, 0.15) is 6.42 Å². The Kier molecular flexibility index (Phi) is 2.05. The first-order valence-electron chi connectivity index (χ1n) is 3.52. The van der Waals surface area contributed by atoms with Crippen molar-refractivity contribution in [1.82, 2.24) is 5.32 Å². The van der Waals surface area contributed by atoms with E-state index >= 15 is 0 Å². The van der Waals surface area contributed by atoms with Crippen LogP contribution >= 0.6 is 0 Å². The molecule has 0 radical (unpaired) electrons. The number of carbonyl (C=O) groups excluding carboxylic acids is 1. The van der Waals surface area contributed by atoms with E-state index in [0.29, 0.717) is 12.1 Å². The Morgan fingerprint density at radius 3 is 2.83 bits per heavy atom. The van der Waals surface area contributed by atoms with Crippen LogP contribution in [0, 0.1) is 0 Å². The molecule has 1 unspecified atom stereocenters. The Balaban J connectivity index is 2.69. The van der Waals surface area contributed by atoms with Gasteiger partial charge in [-0.2, -0.15) is 0 Å². The molecular formula is C7H12N4O. The molecule has 0 bridgehead atoms. The second-order valence-electron chi connectivity index (χ2n) is 2.81. The number of urea groups is 1. The summed E-state index contributed by atoms with van der Waals surface area (Å²) >= 11 is 0. The molecule has 12 heavy (non-hydrogen) atoms. The van der Waals surface area contributed by atoms with Crippen molar-refractivity contribution in [3.05, 3.63) is 23.9 Å². The summed E-state index contributed by atoms with van der Waals surface area (Å²) in [5.41, 5.74) is 15.9. The van der Waals surface area contributed by atoms with Gasteiger partial charge in [0.2, 0.25) is 0 Å². The lowest BCUT2D eigenvalue weighted by atomic mass is 10.00. The summed E-state index contributed by atoms with van der Waals surface area (Å²) in [5.74, 6) is 0. The highest BCUT2D eigenvalue weighted by Crippen LogP contribution is 2.14. The maximum absolute atomic E-state index is 10.5. The van der Waals surface area contributed by atoms with Gasteiger partial charge in [0.1, 0.15) is 5.66 Å². The third-order valence-corrected chi connectivity index (χ3v) is 1.56. The third kappa shape index (κ3) is 2.00. The highest BCUT2D eigenvalue weighted by molar-refractivity contribution is 5.73. The first-order chi connectivity index (χ1) is 5.52. The van der Waals surface area contributed by atoms with Gasteiger partial charge < -0.3 is 22.5 Å². The topological polar surface area (TPSA) is 107 Å². The molecule has 0 aromatic carbocycles. The highest BCUT2D eigenvalue weighted by atomic mass is 16.2. The van der Waals surface area contributed by atoms with E-state index < -0.39 is 11.7 Å². The predicted molar refractivity (Wildman–Crippen MR) is 45.7 cm³/mol. The van der Waals surface area contributed by atoms with Crippen LogP contribution in [0.4, 0.5) is 4.79 Å². The summed E-state index contributed by atoms with van der Waals surface area (Å²) in [5, 5.41) is 2.40. The molecule has 5 heteroatoms. The molecule has 1 rings (SSSR count). The van der Waals surface area contributed by atoms with Gasteiger partial charge in [-0.1, -0.05) is 6.08 Å². The lowest BCUT2D eigenvalue weighted by molar-refractivity contribution is 0.239. The van der Waals surface area contributed by atoms with Gasteiger partial charge >= 0.3 is 6.03 Å². The Morgan fingerprint density at radius 1 is 1.67 bits per heavy atom. The average molecular weight is 168 g/mol. The molecule has 0 aromatic heterocycles. The number of amides is 2. The number of allylic oxidation sites excluding steroid dienone is 2. The van der Waals surface area contributed by atoms with Crippen molar-refractivity contribution in [2.24, 2.45) is 17.2 Å². The summed E-state index contributed by atoms with van der Waals surface area (Å²) in [6.07, 6.45) is 5.45. The average Bonchev–Trinajstić information content (AvgIpc) is 1.82. The monoisotopic (exact) mass is 168 g/mol. The van der Waals surface area contributed by atoms with E-state index in [-0.39, 0.29) is 0 Å². The first kappa shape index (κ1) is 8.61. The predicted octanol–water partition coefficient (Wildman–Crippen LogP) is -0.888. The summed E-state index contributed by atoms with van der Waals surface area (Å²) in [4.78, 5) is 10.5. The zero-order valence-electron chi connectivity index (χ0n) is 6.58. The van der Waals surface area contributed by atoms with Crippen molar-refractivity contribution in [1.29, 1.82) is 0 Å². The van der Waals surface area contributed by atoms with E-state index in [1.807, 2.05) is 0 Å². The van der Waals surface area contributed by atoms with Crippen LogP contribution in [0.2, 0.25) is 0 Å². The van der Waals surface area contributed by atoms with Gasteiger partial charge in [0.25, 0.3) is 0 Å². The van der Waals surface area contributed by atoms with Crippen LogP contribution in [0.3, 0.4) is 0 Å². The summed E-state index contributed by atoms with van der Waals surface area (Å²) in [6.45, 7) is 0. The van der Waals surface area contributed by atoms with Gasteiger partial charge in [0.05, 0.1) is 0 Å². The van der Waals surface area contributed by atoms with Crippen molar-refractivity contribution in [2.45, 2.75) is 12.1 Å². The summed E-state index contributed by atoms with van der Waals surface area (Å²) < 4.78 is 0. The number of primary amides is 1. The van der Waals surface area contributed by atoms with Crippen LogP contribution in [0.5, 0.6) is 0 Å². The number of carbonyl (C=O) groups is 1. The van der Waals surface area contributed by atoms with Gasteiger partial charge in [-0.25, -0.2) is 4.79 Å². The van der Waals surface area contributed by atoms with Crippen LogP contribution in [0.25, 0.3) is 0 Å². The molecule has 7 N–H and O–H groups in total. The largest absolute Gasteiger partial charge is 0.402 e. The molecule has 1 aliphatic carbocycles. The fraction of sp³-hybridized carbons (Fsp3) is 0.286. The fourth-order valence-electron chi connectivity index (χ4n) is 1.11. The Labute approximate surface area is 70.3 Å². The fourth-order valence-corrected chi connectivity index (χ4v) is 1.11. The van der Waals surface area contributed by atoms with E-state index in [4.69, 9.17) is 17.2 Å². The van der Waals surface area contributed by atoms with Crippen LogP contribution in [-0.2, 0) is 0 Å². The standard InChI is InChI=1S/C7H12N4O/c8-5-2-1-3-7(10,4-5)11-6(9)12/h1-3H,4,8,10H2,(H3,9,11,12). The quantitative estimate of drug-likeness (QED) is 0.381.